The highest BCUT2D eigenvalue weighted by molar-refractivity contribution is 7.88. The number of hydrogen-bond acceptors (Lipinski definition) is 5. The first-order chi connectivity index (χ1) is 15.1. The minimum atomic E-state index is -3.39. The lowest BCUT2D eigenvalue weighted by atomic mass is 10.1. The number of rotatable bonds is 10. The molecule has 31 heavy (non-hydrogen) atoms. The van der Waals surface area contributed by atoms with Crippen LogP contribution < -0.4 is 5.32 Å². The summed E-state index contributed by atoms with van der Waals surface area (Å²) in [6, 6.07) is 12.2. The Labute approximate surface area is 185 Å². The second kappa shape index (κ2) is 11.9. The van der Waals surface area contributed by atoms with Gasteiger partial charge in [0.15, 0.2) is 5.96 Å². The zero-order chi connectivity index (χ0) is 21.9. The Morgan fingerprint density at radius 1 is 1.10 bits per heavy atom. The van der Waals surface area contributed by atoms with Gasteiger partial charge in [0.1, 0.15) is 12.0 Å². The van der Waals surface area contributed by atoms with Crippen LogP contribution >= 0.6 is 0 Å². The van der Waals surface area contributed by atoms with Gasteiger partial charge in [-0.05, 0) is 31.7 Å². The van der Waals surface area contributed by atoms with Gasteiger partial charge < -0.3 is 14.7 Å². The third-order valence-corrected chi connectivity index (χ3v) is 7.13. The number of unbranched alkanes of at least 4 members (excludes halogenated alkanes) is 2. The number of piperazine rings is 1. The molecule has 0 atom stereocenters. The number of nitrogens with one attached hydrogen (secondary N) is 1. The average molecular weight is 448 g/mol. The average Bonchev–Trinajstić information content (AvgIpc) is 3.28. The van der Waals surface area contributed by atoms with E-state index >= 15 is 0 Å². The van der Waals surface area contributed by atoms with E-state index in [9.17, 15) is 8.42 Å². The van der Waals surface area contributed by atoms with Crippen LogP contribution in [-0.2, 0) is 22.2 Å². The maximum atomic E-state index is 12.6. The largest absolute Gasteiger partial charge is 0.364 e. The molecule has 1 fully saturated rings. The van der Waals surface area contributed by atoms with Crippen molar-refractivity contribution < 1.29 is 12.9 Å². The molecule has 170 valence electrons. The smallest absolute Gasteiger partial charge is 0.220 e. The fourth-order valence-corrected chi connectivity index (χ4v) is 5.07. The van der Waals surface area contributed by atoms with E-state index in [0.717, 1.165) is 44.7 Å². The summed E-state index contributed by atoms with van der Waals surface area (Å²) in [4.78, 5) is 6.92. The Kier molecular flexibility index (Phi) is 8.90. The minimum Gasteiger partial charge on any atom is -0.364 e. The minimum absolute atomic E-state index is 0.124. The van der Waals surface area contributed by atoms with Gasteiger partial charge in [0.05, 0.1) is 5.69 Å². The summed E-state index contributed by atoms with van der Waals surface area (Å²) in [5.74, 6) is 0.750. The first-order valence-corrected chi connectivity index (χ1v) is 12.6. The lowest BCUT2D eigenvalue weighted by Gasteiger charge is -2.35. The predicted molar refractivity (Wildman–Crippen MR) is 122 cm³/mol. The molecule has 0 amide bonds. The number of guanidine groups is 1. The molecule has 3 rings (SSSR count). The molecule has 1 aliphatic rings. The second-order valence-corrected chi connectivity index (χ2v) is 9.63. The first-order valence-electron chi connectivity index (χ1n) is 11.0. The van der Waals surface area contributed by atoms with Crippen LogP contribution in [0.2, 0.25) is 0 Å². The highest BCUT2D eigenvalue weighted by Crippen LogP contribution is 2.13. The van der Waals surface area contributed by atoms with Gasteiger partial charge in [0, 0.05) is 45.3 Å². The van der Waals surface area contributed by atoms with E-state index < -0.39 is 10.0 Å². The fraction of sp³-hybridized carbons (Fsp3) is 0.545. The number of aryl methyl sites for hydroxylation is 1. The van der Waals surface area contributed by atoms with Crippen LogP contribution in [-0.4, -0.2) is 68.0 Å². The lowest BCUT2D eigenvalue weighted by molar-refractivity contribution is 0.259. The topological polar surface area (TPSA) is 91.0 Å². The molecule has 1 aromatic heterocycles. The quantitative estimate of drug-likeness (QED) is 0.342. The molecule has 9 heteroatoms. The van der Waals surface area contributed by atoms with E-state index in [2.05, 4.69) is 39.6 Å². The molecule has 0 spiro atoms. The molecule has 1 saturated heterocycles. The van der Waals surface area contributed by atoms with Gasteiger partial charge in [-0.1, -0.05) is 41.9 Å². The molecule has 8 nitrogen and oxygen atoms in total. The van der Waals surface area contributed by atoms with Crippen molar-refractivity contribution in [3.05, 3.63) is 53.9 Å². The zero-order valence-corrected chi connectivity index (χ0v) is 19.1. The van der Waals surface area contributed by atoms with E-state index in [-0.39, 0.29) is 5.75 Å². The Hall–Kier alpha value is -2.39. The highest BCUT2D eigenvalue weighted by Gasteiger charge is 2.28. The molecule has 1 N–H and O–H groups in total. The fourth-order valence-electron chi connectivity index (χ4n) is 3.64. The van der Waals surface area contributed by atoms with Crippen LogP contribution in [0.3, 0.4) is 0 Å². The van der Waals surface area contributed by atoms with E-state index in [4.69, 9.17) is 9.52 Å². The van der Waals surface area contributed by atoms with Crippen molar-refractivity contribution in [2.45, 2.75) is 38.4 Å². The molecule has 0 saturated carbocycles. The number of aliphatic imine (C=N–C) groups is 1. The Morgan fingerprint density at radius 3 is 2.55 bits per heavy atom. The Bertz CT molecular complexity index is 892. The van der Waals surface area contributed by atoms with E-state index in [0.29, 0.717) is 31.9 Å². The summed E-state index contributed by atoms with van der Waals surface area (Å²) in [5, 5.41) is 7.06. The van der Waals surface area contributed by atoms with Crippen molar-refractivity contribution in [1.82, 2.24) is 19.7 Å². The molecule has 2 aromatic rings. The summed E-state index contributed by atoms with van der Waals surface area (Å²) in [5.41, 5.74) is 1.82. The summed E-state index contributed by atoms with van der Waals surface area (Å²) in [7, 11) is -3.39. The van der Waals surface area contributed by atoms with Crippen LogP contribution in [0.4, 0.5) is 0 Å². The van der Waals surface area contributed by atoms with Crippen molar-refractivity contribution in [3.8, 4) is 0 Å². The SMILES string of the molecule is CCNC(=NCCCCCc1ccccc1)N1CCN(S(=O)(=O)Cc2ccon2)CC1. The summed E-state index contributed by atoms with van der Waals surface area (Å²) >= 11 is 0. The van der Waals surface area contributed by atoms with Crippen LogP contribution in [0.15, 0.2) is 52.2 Å². The van der Waals surface area contributed by atoms with E-state index in [1.165, 1.54) is 16.1 Å². The number of nitrogens with zero attached hydrogens (tertiary/aromatic N) is 4. The zero-order valence-electron chi connectivity index (χ0n) is 18.2. The van der Waals surface area contributed by atoms with Gasteiger partial charge in [-0.3, -0.25) is 4.99 Å². The lowest BCUT2D eigenvalue weighted by Crippen LogP contribution is -2.53. The van der Waals surface area contributed by atoms with Gasteiger partial charge in [-0.15, -0.1) is 0 Å². The van der Waals surface area contributed by atoms with Crippen molar-refractivity contribution in [2.24, 2.45) is 4.99 Å². The predicted octanol–water partition coefficient (Wildman–Crippen LogP) is 2.50. The molecule has 1 aliphatic heterocycles. The maximum Gasteiger partial charge on any atom is 0.220 e. The number of benzene rings is 1. The monoisotopic (exact) mass is 447 g/mol. The Morgan fingerprint density at radius 2 is 1.87 bits per heavy atom. The van der Waals surface area contributed by atoms with Crippen molar-refractivity contribution >= 4 is 16.0 Å². The number of sulfonamides is 1. The van der Waals surface area contributed by atoms with E-state index in [1.54, 1.807) is 6.07 Å². The van der Waals surface area contributed by atoms with Gasteiger partial charge in [-0.2, -0.15) is 4.31 Å². The molecule has 1 aromatic carbocycles. The molecule has 0 aliphatic carbocycles. The van der Waals surface area contributed by atoms with Gasteiger partial charge in [0.2, 0.25) is 10.0 Å². The summed E-state index contributed by atoms with van der Waals surface area (Å²) in [6.45, 7) is 5.76. The first kappa shape index (κ1) is 23.3. The summed E-state index contributed by atoms with van der Waals surface area (Å²) in [6.07, 6.45) is 5.86. The highest BCUT2D eigenvalue weighted by atomic mass is 32.2. The van der Waals surface area contributed by atoms with Gasteiger partial charge >= 0.3 is 0 Å². The third-order valence-electron chi connectivity index (χ3n) is 5.32. The standard InChI is InChI=1S/C22H33N5O3S/c1-2-23-22(24-13-8-4-7-11-20-9-5-3-6-10-20)26-14-16-27(17-15-26)31(28,29)19-21-12-18-30-25-21/h3,5-6,9-10,12,18H,2,4,7-8,11,13-17,19H2,1H3,(H,23,24). The van der Waals surface area contributed by atoms with Crippen molar-refractivity contribution in [1.29, 1.82) is 0 Å². The Balaban J connectivity index is 1.42. The molecule has 0 bridgehead atoms. The number of hydrogen-bond donors (Lipinski definition) is 1. The van der Waals surface area contributed by atoms with Crippen molar-refractivity contribution in [2.75, 3.05) is 39.3 Å². The molecular weight excluding hydrogens is 414 g/mol. The van der Waals surface area contributed by atoms with Crippen LogP contribution in [0, 0.1) is 0 Å². The van der Waals surface area contributed by atoms with Gasteiger partial charge in [0.25, 0.3) is 0 Å². The van der Waals surface area contributed by atoms with Crippen LogP contribution in [0.1, 0.15) is 37.4 Å². The van der Waals surface area contributed by atoms with Crippen LogP contribution in [0.25, 0.3) is 0 Å². The van der Waals surface area contributed by atoms with Crippen LogP contribution in [0.5, 0.6) is 0 Å². The molecule has 2 heterocycles. The third kappa shape index (κ3) is 7.36. The molecule has 0 unspecified atom stereocenters. The number of aromatic nitrogens is 1. The maximum absolute atomic E-state index is 12.6. The van der Waals surface area contributed by atoms with Crippen molar-refractivity contribution in [3.63, 3.8) is 0 Å². The molecular formula is C22H33N5O3S. The van der Waals surface area contributed by atoms with Gasteiger partial charge in [-0.25, -0.2) is 8.42 Å². The molecule has 0 radical (unpaired) electrons. The summed E-state index contributed by atoms with van der Waals surface area (Å²) < 4.78 is 31.5. The second-order valence-electron chi connectivity index (χ2n) is 7.67. The van der Waals surface area contributed by atoms with E-state index in [1.807, 2.05) is 13.0 Å². The normalized spacial score (nSPS) is 15.9.